The number of benzene rings is 2. The number of carbonyl (C=O) groups is 2. The largest absolute Gasteiger partial charge is 0.454 e. The van der Waals surface area contributed by atoms with E-state index in [2.05, 4.69) is 5.32 Å². The Morgan fingerprint density at radius 2 is 1.83 bits per heavy atom. The van der Waals surface area contributed by atoms with Gasteiger partial charge < -0.3 is 10.1 Å². The van der Waals surface area contributed by atoms with Crippen molar-refractivity contribution >= 4 is 29.2 Å². The average molecular weight is 336 g/mol. The molecular weight excluding hydrogens is 321 g/mol. The highest BCUT2D eigenvalue weighted by molar-refractivity contribution is 6.30. The Labute approximate surface area is 138 Å². The van der Waals surface area contributed by atoms with Gasteiger partial charge in [-0.25, -0.2) is 9.18 Å². The topological polar surface area (TPSA) is 55.4 Å². The van der Waals surface area contributed by atoms with E-state index >= 15 is 0 Å². The van der Waals surface area contributed by atoms with Crippen molar-refractivity contribution in [2.75, 3.05) is 5.32 Å². The van der Waals surface area contributed by atoms with Crippen molar-refractivity contribution in [3.05, 3.63) is 64.4 Å². The predicted octanol–water partition coefficient (Wildman–Crippen LogP) is 4.36. The van der Waals surface area contributed by atoms with Crippen LogP contribution in [0.5, 0.6) is 0 Å². The van der Waals surface area contributed by atoms with Crippen LogP contribution in [0, 0.1) is 5.82 Å². The summed E-state index contributed by atoms with van der Waals surface area (Å²) in [5, 5.41) is 3.06. The second-order valence-electron chi connectivity index (χ2n) is 4.97. The summed E-state index contributed by atoms with van der Waals surface area (Å²) in [7, 11) is 0. The van der Waals surface area contributed by atoms with Gasteiger partial charge in [0, 0.05) is 17.6 Å². The number of hydrogen-bond donors (Lipinski definition) is 1. The first-order valence-electron chi connectivity index (χ1n) is 6.90. The van der Waals surface area contributed by atoms with Crippen LogP contribution in [-0.4, -0.2) is 11.9 Å². The van der Waals surface area contributed by atoms with Gasteiger partial charge in [0.25, 0.3) is 0 Å². The van der Waals surface area contributed by atoms with E-state index in [1.807, 2.05) is 0 Å². The Kier molecular flexibility index (Phi) is 5.34. The molecule has 0 fully saturated rings. The van der Waals surface area contributed by atoms with Gasteiger partial charge in [-0.3, -0.25) is 4.79 Å². The molecule has 0 aliphatic carbocycles. The number of esters is 1. The summed E-state index contributed by atoms with van der Waals surface area (Å²) >= 11 is 5.81. The summed E-state index contributed by atoms with van der Waals surface area (Å²) in [5.74, 6) is -1.84. The van der Waals surface area contributed by atoms with Gasteiger partial charge in [-0.1, -0.05) is 23.7 Å². The molecule has 1 atom stereocenters. The van der Waals surface area contributed by atoms with Gasteiger partial charge in [0.15, 0.2) is 0 Å². The molecule has 120 valence electrons. The molecule has 0 aliphatic rings. The molecule has 0 spiro atoms. The molecule has 0 radical (unpaired) electrons. The second kappa shape index (κ2) is 7.24. The lowest BCUT2D eigenvalue weighted by Gasteiger charge is -2.14. The fourth-order valence-electron chi connectivity index (χ4n) is 1.99. The summed E-state index contributed by atoms with van der Waals surface area (Å²) in [5.41, 5.74) is 0.822. The molecule has 1 unspecified atom stereocenters. The van der Waals surface area contributed by atoms with Crippen LogP contribution in [0.1, 0.15) is 35.9 Å². The van der Waals surface area contributed by atoms with Crippen LogP contribution in [0.2, 0.25) is 5.02 Å². The third-order valence-electron chi connectivity index (χ3n) is 3.13. The molecular formula is C17H15ClFNO3. The number of carbonyl (C=O) groups excluding carboxylic acids is 2. The average Bonchev–Trinajstić information content (AvgIpc) is 2.49. The summed E-state index contributed by atoms with van der Waals surface area (Å²) < 4.78 is 19.1. The van der Waals surface area contributed by atoms with Gasteiger partial charge in [-0.15, -0.1) is 0 Å². The van der Waals surface area contributed by atoms with Crippen LogP contribution in [0.15, 0.2) is 42.5 Å². The Bertz CT molecular complexity index is 731. The van der Waals surface area contributed by atoms with Crippen molar-refractivity contribution < 1.29 is 18.7 Å². The molecule has 2 aromatic rings. The number of ether oxygens (including phenoxy) is 1. The minimum absolute atomic E-state index is 0.239. The molecule has 0 saturated carbocycles. The number of nitrogens with one attached hydrogen (secondary N) is 1. The van der Waals surface area contributed by atoms with Crippen molar-refractivity contribution in [3.63, 3.8) is 0 Å². The molecule has 23 heavy (non-hydrogen) atoms. The quantitative estimate of drug-likeness (QED) is 0.845. The first-order valence-corrected chi connectivity index (χ1v) is 7.28. The molecule has 2 aromatic carbocycles. The highest BCUT2D eigenvalue weighted by atomic mass is 35.5. The Hall–Kier alpha value is -2.40. The third-order valence-corrected chi connectivity index (χ3v) is 3.38. The first kappa shape index (κ1) is 17.0. The van der Waals surface area contributed by atoms with Gasteiger partial charge in [-0.2, -0.15) is 0 Å². The maximum absolute atomic E-state index is 13.8. The van der Waals surface area contributed by atoms with Gasteiger partial charge in [0.1, 0.15) is 11.9 Å². The van der Waals surface area contributed by atoms with Gasteiger partial charge in [0.2, 0.25) is 5.91 Å². The normalized spacial score (nSPS) is 11.7. The fraction of sp³-hybridized carbons (Fsp3) is 0.176. The lowest BCUT2D eigenvalue weighted by atomic mass is 10.1. The number of amides is 1. The molecule has 0 aromatic heterocycles. The van der Waals surface area contributed by atoms with E-state index in [1.165, 1.54) is 19.1 Å². The fourth-order valence-corrected chi connectivity index (χ4v) is 2.11. The second-order valence-corrected chi connectivity index (χ2v) is 5.41. The summed E-state index contributed by atoms with van der Waals surface area (Å²) in [6, 6.07) is 10.5. The van der Waals surface area contributed by atoms with E-state index in [-0.39, 0.29) is 11.5 Å². The predicted molar refractivity (Wildman–Crippen MR) is 86.0 cm³/mol. The minimum Gasteiger partial charge on any atom is -0.454 e. The Morgan fingerprint density at radius 1 is 1.17 bits per heavy atom. The minimum atomic E-state index is -0.808. The molecule has 0 aliphatic heterocycles. The summed E-state index contributed by atoms with van der Waals surface area (Å²) in [4.78, 5) is 23.2. The van der Waals surface area contributed by atoms with Gasteiger partial charge in [0.05, 0.1) is 5.56 Å². The number of anilines is 1. The summed E-state index contributed by atoms with van der Waals surface area (Å²) in [6.07, 6.45) is -0.566. The zero-order chi connectivity index (χ0) is 17.0. The van der Waals surface area contributed by atoms with Gasteiger partial charge >= 0.3 is 5.97 Å². The van der Waals surface area contributed by atoms with Crippen LogP contribution < -0.4 is 5.32 Å². The summed E-state index contributed by atoms with van der Waals surface area (Å²) in [6.45, 7) is 3.00. The zero-order valence-corrected chi connectivity index (χ0v) is 13.4. The van der Waals surface area contributed by atoms with E-state index in [1.54, 1.807) is 31.2 Å². The van der Waals surface area contributed by atoms with Gasteiger partial charge in [-0.05, 0) is 42.8 Å². The molecule has 0 heterocycles. The van der Waals surface area contributed by atoms with E-state index in [4.69, 9.17) is 16.3 Å². The van der Waals surface area contributed by atoms with Crippen molar-refractivity contribution in [1.82, 2.24) is 0 Å². The molecule has 2 rings (SSSR count). The smallest absolute Gasteiger partial charge is 0.341 e. The standard InChI is InChI=1S/C17H15ClFNO3/c1-10(12-3-5-13(18)6-4-12)23-17(22)15-9-14(20-11(2)21)7-8-16(15)19/h3-10H,1-2H3,(H,20,21). The van der Waals surface area contributed by atoms with Crippen molar-refractivity contribution in [1.29, 1.82) is 0 Å². The van der Waals surface area contributed by atoms with E-state index in [0.29, 0.717) is 10.7 Å². The highest BCUT2D eigenvalue weighted by Gasteiger charge is 2.18. The Morgan fingerprint density at radius 3 is 2.43 bits per heavy atom. The number of rotatable bonds is 4. The molecule has 1 amide bonds. The van der Waals surface area contributed by atoms with Crippen molar-refractivity contribution in [2.45, 2.75) is 20.0 Å². The maximum Gasteiger partial charge on any atom is 0.341 e. The lowest BCUT2D eigenvalue weighted by molar-refractivity contribution is -0.114. The third kappa shape index (κ3) is 4.53. The highest BCUT2D eigenvalue weighted by Crippen LogP contribution is 2.22. The van der Waals surface area contributed by atoms with Crippen LogP contribution in [0.3, 0.4) is 0 Å². The van der Waals surface area contributed by atoms with Crippen LogP contribution in [0.4, 0.5) is 10.1 Å². The lowest BCUT2D eigenvalue weighted by Crippen LogP contribution is -2.12. The molecule has 6 heteroatoms. The zero-order valence-electron chi connectivity index (χ0n) is 12.6. The monoisotopic (exact) mass is 335 g/mol. The number of hydrogen-bond acceptors (Lipinski definition) is 3. The Balaban J connectivity index is 2.16. The van der Waals surface area contributed by atoms with Crippen molar-refractivity contribution in [2.24, 2.45) is 0 Å². The number of halogens is 2. The van der Waals surface area contributed by atoms with Crippen molar-refractivity contribution in [3.8, 4) is 0 Å². The maximum atomic E-state index is 13.8. The molecule has 0 saturated heterocycles. The molecule has 0 bridgehead atoms. The molecule has 4 nitrogen and oxygen atoms in total. The van der Waals surface area contributed by atoms with Crippen LogP contribution in [-0.2, 0) is 9.53 Å². The van der Waals surface area contributed by atoms with E-state index in [9.17, 15) is 14.0 Å². The van der Waals surface area contributed by atoms with E-state index in [0.717, 1.165) is 11.6 Å². The molecule has 1 N–H and O–H groups in total. The van der Waals surface area contributed by atoms with Crippen LogP contribution >= 0.6 is 11.6 Å². The van der Waals surface area contributed by atoms with E-state index < -0.39 is 17.9 Å². The first-order chi connectivity index (χ1) is 10.9. The van der Waals surface area contributed by atoms with Crippen LogP contribution in [0.25, 0.3) is 0 Å². The SMILES string of the molecule is CC(=O)Nc1ccc(F)c(C(=O)OC(C)c2ccc(Cl)cc2)c1.